The van der Waals surface area contributed by atoms with E-state index in [1.54, 1.807) is 32.4 Å². The largest absolute Gasteiger partial charge is 0.399 e. The van der Waals surface area contributed by atoms with E-state index < -0.39 is 10.0 Å². The maximum atomic E-state index is 12.6. The Balaban J connectivity index is 2.91. The van der Waals surface area contributed by atoms with Crippen molar-refractivity contribution in [2.75, 3.05) is 46.3 Å². The Labute approximate surface area is 120 Å². The number of hydrogen-bond donors (Lipinski definition) is 1. The quantitative estimate of drug-likeness (QED) is 0.542. The molecule has 0 aliphatic rings. The van der Waals surface area contributed by atoms with Gasteiger partial charge in [0.05, 0.1) is 11.5 Å². The van der Waals surface area contributed by atoms with Crippen LogP contribution in [0.2, 0.25) is 0 Å². The van der Waals surface area contributed by atoms with Crippen LogP contribution in [0.5, 0.6) is 0 Å². The summed E-state index contributed by atoms with van der Waals surface area (Å²) in [5.74, 6) is 0. The van der Waals surface area contributed by atoms with E-state index in [1.807, 2.05) is 0 Å². The lowest BCUT2D eigenvalue weighted by Gasteiger charge is -2.22. The molecule has 1 aromatic carbocycles. The first-order valence-electron chi connectivity index (χ1n) is 6.36. The second kappa shape index (κ2) is 8.21. The summed E-state index contributed by atoms with van der Waals surface area (Å²) in [7, 11) is -0.427. The van der Waals surface area contributed by atoms with Crippen LogP contribution in [-0.2, 0) is 19.5 Å². The Bertz CT molecular complexity index is 505. The van der Waals surface area contributed by atoms with Crippen molar-refractivity contribution < 1.29 is 17.9 Å². The molecule has 0 aromatic heterocycles. The van der Waals surface area contributed by atoms with Crippen molar-refractivity contribution in [3.05, 3.63) is 24.3 Å². The first-order chi connectivity index (χ1) is 9.52. The molecule has 0 fully saturated rings. The van der Waals surface area contributed by atoms with Gasteiger partial charge in [-0.3, -0.25) is 0 Å². The SMILES string of the molecule is COCCCN(CCOC)S(=O)(=O)c1cccc(N)c1. The predicted molar refractivity (Wildman–Crippen MR) is 78.0 cm³/mol. The lowest BCUT2D eigenvalue weighted by Crippen LogP contribution is -2.35. The number of methoxy groups -OCH3 is 2. The van der Waals surface area contributed by atoms with Gasteiger partial charge in [0.1, 0.15) is 0 Å². The van der Waals surface area contributed by atoms with Crippen molar-refractivity contribution in [2.24, 2.45) is 0 Å². The minimum absolute atomic E-state index is 0.200. The van der Waals surface area contributed by atoms with Crippen LogP contribution in [0.4, 0.5) is 5.69 Å². The van der Waals surface area contributed by atoms with Crippen molar-refractivity contribution in [1.82, 2.24) is 4.31 Å². The van der Waals surface area contributed by atoms with Crippen LogP contribution in [-0.4, -0.2) is 53.2 Å². The van der Waals surface area contributed by atoms with Crippen LogP contribution in [0.15, 0.2) is 29.2 Å². The van der Waals surface area contributed by atoms with Crippen LogP contribution < -0.4 is 5.73 Å². The number of hydrogen-bond acceptors (Lipinski definition) is 5. The van der Waals surface area contributed by atoms with Crippen LogP contribution in [0.25, 0.3) is 0 Å². The first kappa shape index (κ1) is 16.9. The Morgan fingerprint density at radius 2 is 1.85 bits per heavy atom. The molecule has 114 valence electrons. The summed E-state index contributed by atoms with van der Waals surface area (Å²) >= 11 is 0. The Morgan fingerprint density at radius 3 is 2.45 bits per heavy atom. The Kier molecular flexibility index (Phi) is 6.94. The highest BCUT2D eigenvalue weighted by atomic mass is 32.2. The highest BCUT2D eigenvalue weighted by Crippen LogP contribution is 2.18. The van der Waals surface area contributed by atoms with Crippen molar-refractivity contribution in [1.29, 1.82) is 0 Å². The van der Waals surface area contributed by atoms with Crippen LogP contribution >= 0.6 is 0 Å². The van der Waals surface area contributed by atoms with Crippen molar-refractivity contribution in [3.8, 4) is 0 Å². The summed E-state index contributed by atoms with van der Waals surface area (Å²) in [6.45, 7) is 1.54. The van der Waals surface area contributed by atoms with E-state index in [-0.39, 0.29) is 4.90 Å². The zero-order chi connectivity index (χ0) is 15.0. The summed E-state index contributed by atoms with van der Waals surface area (Å²) in [6, 6.07) is 6.29. The minimum atomic E-state index is -3.56. The second-order valence-electron chi connectivity index (χ2n) is 4.32. The van der Waals surface area contributed by atoms with E-state index in [0.29, 0.717) is 38.4 Å². The molecule has 0 saturated carbocycles. The average Bonchev–Trinajstić information content (AvgIpc) is 2.42. The minimum Gasteiger partial charge on any atom is -0.399 e. The highest BCUT2D eigenvalue weighted by Gasteiger charge is 2.23. The van der Waals surface area contributed by atoms with Crippen molar-refractivity contribution in [3.63, 3.8) is 0 Å². The smallest absolute Gasteiger partial charge is 0.243 e. The predicted octanol–water partition coefficient (Wildman–Crippen LogP) is 0.942. The van der Waals surface area contributed by atoms with Crippen LogP contribution in [0.1, 0.15) is 6.42 Å². The monoisotopic (exact) mass is 302 g/mol. The van der Waals surface area contributed by atoms with E-state index in [2.05, 4.69) is 0 Å². The number of benzene rings is 1. The number of rotatable bonds is 9. The molecule has 6 nitrogen and oxygen atoms in total. The Hall–Kier alpha value is -1.15. The molecule has 0 saturated heterocycles. The number of anilines is 1. The third-order valence-corrected chi connectivity index (χ3v) is 4.69. The van der Waals surface area contributed by atoms with E-state index in [4.69, 9.17) is 15.2 Å². The molecule has 1 aromatic rings. The second-order valence-corrected chi connectivity index (χ2v) is 6.25. The summed E-state index contributed by atoms with van der Waals surface area (Å²) in [4.78, 5) is 0.200. The van der Waals surface area contributed by atoms with E-state index in [0.717, 1.165) is 0 Å². The maximum absolute atomic E-state index is 12.6. The number of sulfonamides is 1. The third-order valence-electron chi connectivity index (χ3n) is 2.80. The van der Waals surface area contributed by atoms with E-state index in [1.165, 1.54) is 10.4 Å². The lowest BCUT2D eigenvalue weighted by atomic mass is 10.3. The molecule has 2 N–H and O–H groups in total. The molecule has 0 unspecified atom stereocenters. The van der Waals surface area contributed by atoms with Crippen molar-refractivity contribution in [2.45, 2.75) is 11.3 Å². The molecule has 0 heterocycles. The summed E-state index contributed by atoms with van der Waals surface area (Å²) in [5.41, 5.74) is 6.08. The highest BCUT2D eigenvalue weighted by molar-refractivity contribution is 7.89. The summed E-state index contributed by atoms with van der Waals surface area (Å²) in [6.07, 6.45) is 0.627. The topological polar surface area (TPSA) is 81.9 Å². The molecule has 7 heteroatoms. The van der Waals surface area contributed by atoms with Gasteiger partial charge in [-0.1, -0.05) is 6.07 Å². The molecule has 0 bridgehead atoms. The maximum Gasteiger partial charge on any atom is 0.243 e. The first-order valence-corrected chi connectivity index (χ1v) is 7.80. The Morgan fingerprint density at radius 1 is 1.15 bits per heavy atom. The van der Waals surface area contributed by atoms with Crippen molar-refractivity contribution >= 4 is 15.7 Å². The zero-order valence-electron chi connectivity index (χ0n) is 11.9. The molecule has 0 aliphatic carbocycles. The van der Waals surface area contributed by atoms with Gasteiger partial charge in [-0.2, -0.15) is 4.31 Å². The van der Waals surface area contributed by atoms with Gasteiger partial charge in [0.25, 0.3) is 0 Å². The number of nitrogens with zero attached hydrogens (tertiary/aromatic N) is 1. The molecule has 0 aliphatic heterocycles. The fraction of sp³-hybridized carbons (Fsp3) is 0.538. The van der Waals surface area contributed by atoms with Gasteiger partial charge >= 0.3 is 0 Å². The fourth-order valence-electron chi connectivity index (χ4n) is 1.75. The molecule has 20 heavy (non-hydrogen) atoms. The molecule has 0 amide bonds. The third kappa shape index (κ3) is 4.75. The van der Waals surface area contributed by atoms with Gasteiger partial charge in [0.2, 0.25) is 10.0 Å². The van der Waals surface area contributed by atoms with Gasteiger partial charge in [-0.05, 0) is 24.6 Å². The average molecular weight is 302 g/mol. The van der Waals surface area contributed by atoms with Gasteiger partial charge in [0.15, 0.2) is 0 Å². The fourth-order valence-corrected chi connectivity index (χ4v) is 3.27. The molecule has 0 radical (unpaired) electrons. The number of ether oxygens (including phenoxy) is 2. The van der Waals surface area contributed by atoms with Gasteiger partial charge in [-0.15, -0.1) is 0 Å². The normalized spacial score (nSPS) is 11.9. The molecular formula is C13H22N2O4S. The summed E-state index contributed by atoms with van der Waals surface area (Å²) in [5, 5.41) is 0. The van der Waals surface area contributed by atoms with E-state index in [9.17, 15) is 8.42 Å². The number of nitrogens with two attached hydrogens (primary N) is 1. The summed E-state index contributed by atoms with van der Waals surface area (Å²) < 4.78 is 36.4. The molecule has 1 rings (SSSR count). The van der Waals surface area contributed by atoms with E-state index >= 15 is 0 Å². The molecule has 0 spiro atoms. The van der Waals surface area contributed by atoms with Gasteiger partial charge in [-0.25, -0.2) is 8.42 Å². The number of nitrogen functional groups attached to an aromatic ring is 1. The van der Waals surface area contributed by atoms with Gasteiger partial charge < -0.3 is 15.2 Å². The van der Waals surface area contributed by atoms with Gasteiger partial charge in [0, 0.05) is 39.6 Å². The lowest BCUT2D eigenvalue weighted by molar-refractivity contribution is 0.164. The van der Waals surface area contributed by atoms with Crippen LogP contribution in [0.3, 0.4) is 0 Å². The van der Waals surface area contributed by atoms with Crippen LogP contribution in [0, 0.1) is 0 Å². The molecular weight excluding hydrogens is 280 g/mol. The standard InChI is InChI=1S/C13H22N2O4S/c1-18-9-4-7-15(8-10-19-2)20(16,17)13-6-3-5-12(14)11-13/h3,5-6,11H,4,7-10,14H2,1-2H3. The molecule has 0 atom stereocenters. The zero-order valence-corrected chi connectivity index (χ0v) is 12.7.